The molecule has 1 heterocycles. The number of carbonyl (C=O) groups is 1. The highest BCUT2D eigenvalue weighted by Crippen LogP contribution is 2.12. The van der Waals surface area contributed by atoms with Crippen LogP contribution in [0.5, 0.6) is 5.75 Å². The van der Waals surface area contributed by atoms with Gasteiger partial charge in [-0.15, -0.1) is 0 Å². The second-order valence-corrected chi connectivity index (χ2v) is 4.78. The third-order valence-electron chi connectivity index (χ3n) is 3.14. The van der Waals surface area contributed by atoms with E-state index in [1.54, 1.807) is 36.4 Å². The second kappa shape index (κ2) is 6.15. The molecule has 1 amide bonds. The fourth-order valence-electron chi connectivity index (χ4n) is 2.05. The maximum Gasteiger partial charge on any atom is 0.349 e. The zero-order chi connectivity index (χ0) is 16.2. The molecule has 0 bridgehead atoms. The Labute approximate surface area is 130 Å². The van der Waals surface area contributed by atoms with Crippen LogP contribution < -0.4 is 11.1 Å². The number of aromatic hydroxyl groups is 1. The first-order valence-electron chi connectivity index (χ1n) is 6.79. The van der Waals surface area contributed by atoms with Crippen molar-refractivity contribution in [3.8, 4) is 5.75 Å². The third-order valence-corrected chi connectivity index (χ3v) is 3.14. The Balaban J connectivity index is 1.81. The highest BCUT2D eigenvalue weighted by Gasteiger charge is 2.12. The molecule has 0 saturated heterocycles. The first-order chi connectivity index (χ1) is 11.1. The number of hydrogen-bond donors (Lipinski definition) is 2. The summed E-state index contributed by atoms with van der Waals surface area (Å²) in [6.45, 7) is 0. The lowest BCUT2D eigenvalue weighted by Gasteiger charge is -2.01. The molecule has 3 rings (SSSR count). The summed E-state index contributed by atoms with van der Waals surface area (Å²) in [7, 11) is 0. The molecule has 0 aliphatic heterocycles. The quantitative estimate of drug-likeness (QED) is 0.441. The molecule has 2 aromatic carbocycles. The van der Waals surface area contributed by atoms with Crippen LogP contribution in [0.3, 0.4) is 0 Å². The number of nitrogens with zero attached hydrogens (tertiary/aromatic N) is 1. The van der Waals surface area contributed by atoms with Crippen LogP contribution in [0.1, 0.15) is 15.9 Å². The minimum atomic E-state index is -0.728. The molecular formula is C17H12N2O4. The number of nitrogens with one attached hydrogen (secondary N) is 1. The van der Waals surface area contributed by atoms with Crippen molar-refractivity contribution in [1.82, 2.24) is 5.43 Å². The van der Waals surface area contributed by atoms with E-state index in [1.165, 1.54) is 24.4 Å². The Kier molecular flexibility index (Phi) is 3.88. The van der Waals surface area contributed by atoms with Crippen molar-refractivity contribution in [2.75, 3.05) is 0 Å². The van der Waals surface area contributed by atoms with Crippen molar-refractivity contribution in [3.05, 3.63) is 76.1 Å². The van der Waals surface area contributed by atoms with E-state index < -0.39 is 11.5 Å². The van der Waals surface area contributed by atoms with Crippen LogP contribution in [0.15, 0.2) is 68.9 Å². The number of fused-ring (bicyclic) bond motifs is 1. The minimum absolute atomic E-state index is 0.0930. The van der Waals surface area contributed by atoms with Crippen LogP contribution in [-0.2, 0) is 0 Å². The van der Waals surface area contributed by atoms with Gasteiger partial charge in [-0.05, 0) is 29.8 Å². The Bertz CT molecular complexity index is 960. The molecule has 0 spiro atoms. The van der Waals surface area contributed by atoms with Crippen molar-refractivity contribution in [2.45, 2.75) is 0 Å². The number of amides is 1. The normalized spacial score (nSPS) is 11.0. The van der Waals surface area contributed by atoms with Crippen molar-refractivity contribution >= 4 is 23.1 Å². The highest BCUT2D eigenvalue weighted by molar-refractivity contribution is 5.97. The highest BCUT2D eigenvalue weighted by atomic mass is 16.4. The predicted molar refractivity (Wildman–Crippen MR) is 85.7 cm³/mol. The molecule has 6 heteroatoms. The number of para-hydroxylation sites is 1. The van der Waals surface area contributed by atoms with Gasteiger partial charge < -0.3 is 9.52 Å². The summed E-state index contributed by atoms with van der Waals surface area (Å²) in [5.74, 6) is -0.573. The molecule has 1 aromatic heterocycles. The number of rotatable bonds is 3. The summed E-state index contributed by atoms with van der Waals surface area (Å²) in [5.41, 5.74) is 2.43. The number of carbonyl (C=O) groups excluding carboxylic acids is 1. The standard InChI is InChI=1S/C17H12N2O4/c20-13-6-3-4-11(8-13)10-18-19-16(21)14-9-12-5-1-2-7-15(12)23-17(14)22/h1-10,20H,(H,19,21)/b18-10+. The van der Waals surface area contributed by atoms with E-state index in [1.807, 2.05) is 0 Å². The smallest absolute Gasteiger partial charge is 0.349 e. The largest absolute Gasteiger partial charge is 0.508 e. The monoisotopic (exact) mass is 308 g/mol. The lowest BCUT2D eigenvalue weighted by atomic mass is 10.2. The maximum absolute atomic E-state index is 12.0. The molecule has 0 atom stereocenters. The van der Waals surface area contributed by atoms with Crippen LogP contribution in [0.4, 0.5) is 0 Å². The van der Waals surface area contributed by atoms with E-state index in [0.717, 1.165) is 0 Å². The summed E-state index contributed by atoms with van der Waals surface area (Å²) in [5, 5.41) is 13.7. The van der Waals surface area contributed by atoms with E-state index in [0.29, 0.717) is 16.5 Å². The number of phenolic OH excluding ortho intramolecular Hbond substituents is 1. The van der Waals surface area contributed by atoms with Crippen LogP contribution in [0, 0.1) is 0 Å². The Morgan fingerprint density at radius 1 is 1.13 bits per heavy atom. The fraction of sp³-hybridized carbons (Fsp3) is 0. The maximum atomic E-state index is 12.0. The fourth-order valence-corrected chi connectivity index (χ4v) is 2.05. The van der Waals surface area contributed by atoms with E-state index in [-0.39, 0.29) is 11.3 Å². The summed E-state index contributed by atoms with van der Waals surface area (Å²) in [6, 6.07) is 14.7. The van der Waals surface area contributed by atoms with Gasteiger partial charge in [0.05, 0.1) is 6.21 Å². The van der Waals surface area contributed by atoms with E-state index in [9.17, 15) is 14.7 Å². The summed E-state index contributed by atoms with van der Waals surface area (Å²) in [4.78, 5) is 23.9. The van der Waals surface area contributed by atoms with Crippen LogP contribution >= 0.6 is 0 Å². The van der Waals surface area contributed by atoms with Gasteiger partial charge in [-0.2, -0.15) is 5.10 Å². The molecule has 114 valence electrons. The number of hydrogen-bond acceptors (Lipinski definition) is 5. The number of hydrazone groups is 1. The average molecular weight is 308 g/mol. The second-order valence-electron chi connectivity index (χ2n) is 4.78. The van der Waals surface area contributed by atoms with Gasteiger partial charge >= 0.3 is 5.63 Å². The van der Waals surface area contributed by atoms with E-state index >= 15 is 0 Å². The summed E-state index contributed by atoms with van der Waals surface area (Å²) < 4.78 is 5.09. The lowest BCUT2D eigenvalue weighted by Crippen LogP contribution is -2.24. The van der Waals surface area contributed by atoms with Crippen LogP contribution in [0.2, 0.25) is 0 Å². The van der Waals surface area contributed by atoms with Gasteiger partial charge in [0, 0.05) is 5.39 Å². The molecule has 6 nitrogen and oxygen atoms in total. The molecule has 0 radical (unpaired) electrons. The predicted octanol–water partition coefficient (Wildman–Crippen LogP) is 2.26. The van der Waals surface area contributed by atoms with Gasteiger partial charge in [0.1, 0.15) is 16.9 Å². The number of phenols is 1. The first kappa shape index (κ1) is 14.5. The molecule has 0 unspecified atom stereocenters. The van der Waals surface area contributed by atoms with Gasteiger partial charge in [-0.25, -0.2) is 10.2 Å². The molecule has 0 aliphatic rings. The molecular weight excluding hydrogens is 296 g/mol. The third kappa shape index (κ3) is 3.26. The van der Waals surface area contributed by atoms with Crippen LogP contribution in [-0.4, -0.2) is 17.2 Å². The minimum Gasteiger partial charge on any atom is -0.508 e. The van der Waals surface area contributed by atoms with Crippen molar-refractivity contribution in [2.24, 2.45) is 5.10 Å². The molecule has 2 N–H and O–H groups in total. The Morgan fingerprint density at radius 2 is 1.96 bits per heavy atom. The van der Waals surface area contributed by atoms with Gasteiger partial charge in [0.25, 0.3) is 5.91 Å². The zero-order valence-electron chi connectivity index (χ0n) is 11.9. The van der Waals surface area contributed by atoms with E-state index in [4.69, 9.17) is 4.42 Å². The van der Waals surface area contributed by atoms with Gasteiger partial charge in [0.2, 0.25) is 0 Å². The van der Waals surface area contributed by atoms with Crippen molar-refractivity contribution < 1.29 is 14.3 Å². The Hall–Kier alpha value is -3.41. The average Bonchev–Trinajstić information content (AvgIpc) is 2.54. The zero-order valence-corrected chi connectivity index (χ0v) is 11.9. The molecule has 3 aromatic rings. The van der Waals surface area contributed by atoms with Crippen LogP contribution in [0.25, 0.3) is 11.0 Å². The SMILES string of the molecule is O=C(N/N=C/c1cccc(O)c1)c1cc2ccccc2oc1=O. The van der Waals surface area contributed by atoms with Crippen molar-refractivity contribution in [1.29, 1.82) is 0 Å². The molecule has 0 fully saturated rings. The van der Waals surface area contributed by atoms with Gasteiger partial charge in [-0.1, -0.05) is 30.3 Å². The topological polar surface area (TPSA) is 91.9 Å². The molecule has 23 heavy (non-hydrogen) atoms. The lowest BCUT2D eigenvalue weighted by molar-refractivity contribution is 0.0951. The molecule has 0 aliphatic carbocycles. The molecule has 0 saturated carbocycles. The van der Waals surface area contributed by atoms with Gasteiger partial charge in [-0.3, -0.25) is 4.79 Å². The first-order valence-corrected chi connectivity index (χ1v) is 6.79. The number of benzene rings is 2. The summed E-state index contributed by atoms with van der Waals surface area (Å²) >= 11 is 0. The van der Waals surface area contributed by atoms with Gasteiger partial charge in [0.15, 0.2) is 0 Å². The Morgan fingerprint density at radius 3 is 2.78 bits per heavy atom. The van der Waals surface area contributed by atoms with E-state index in [2.05, 4.69) is 10.5 Å². The summed E-state index contributed by atoms with van der Waals surface area (Å²) in [6.07, 6.45) is 1.36. The van der Waals surface area contributed by atoms with Crippen molar-refractivity contribution in [3.63, 3.8) is 0 Å².